The second-order valence-electron chi connectivity index (χ2n) is 7.53. The fraction of sp³-hybridized carbons (Fsp3) is 0.571. The maximum atomic E-state index is 10.0. The fourth-order valence-electron chi connectivity index (χ4n) is 5.00. The molecule has 5 nitrogen and oxygen atoms in total. The lowest BCUT2D eigenvalue weighted by Gasteiger charge is -2.48. The van der Waals surface area contributed by atoms with Crippen LogP contribution in [0.5, 0.6) is 0 Å². The maximum absolute atomic E-state index is 10.0. The molecule has 1 aliphatic heterocycles. The minimum absolute atomic E-state index is 0.00745. The molecule has 0 bridgehead atoms. The highest BCUT2D eigenvalue weighted by molar-refractivity contribution is 5.56. The van der Waals surface area contributed by atoms with Gasteiger partial charge in [0.15, 0.2) is 5.41 Å². The zero-order chi connectivity index (χ0) is 18.7. The molecule has 0 fully saturated rings. The second kappa shape index (κ2) is 7.36. The number of allylic oxidation sites excluding steroid dienone is 4. The summed E-state index contributed by atoms with van der Waals surface area (Å²) in [6.45, 7) is 4.71. The summed E-state index contributed by atoms with van der Waals surface area (Å²) in [7, 11) is 0. The largest absolute Gasteiger partial charge is 0.399 e. The van der Waals surface area contributed by atoms with Crippen molar-refractivity contribution in [2.45, 2.75) is 32.6 Å². The van der Waals surface area contributed by atoms with Crippen LogP contribution in [-0.4, -0.2) is 24.5 Å². The minimum atomic E-state index is -1.42. The van der Waals surface area contributed by atoms with E-state index in [1.165, 1.54) is 0 Å². The topological polar surface area (TPSA) is 101 Å². The summed E-state index contributed by atoms with van der Waals surface area (Å²) in [5.74, 6) is 0.0616. The zero-order valence-electron chi connectivity index (χ0n) is 15.3. The Morgan fingerprint density at radius 2 is 2.04 bits per heavy atom. The minimum Gasteiger partial charge on any atom is -0.399 e. The van der Waals surface area contributed by atoms with E-state index in [-0.39, 0.29) is 23.5 Å². The summed E-state index contributed by atoms with van der Waals surface area (Å²) >= 11 is 0. The summed E-state index contributed by atoms with van der Waals surface area (Å²) in [6, 6.07) is 6.69. The molecular weight excluding hydrogens is 322 g/mol. The third-order valence-electron chi connectivity index (χ3n) is 6.16. The first kappa shape index (κ1) is 18.2. The molecule has 0 aromatic carbocycles. The van der Waals surface area contributed by atoms with E-state index in [4.69, 9.17) is 5.73 Å². The van der Waals surface area contributed by atoms with E-state index in [9.17, 15) is 15.8 Å². The molecule has 134 valence electrons. The lowest BCUT2D eigenvalue weighted by Crippen LogP contribution is -2.52. The summed E-state index contributed by atoms with van der Waals surface area (Å²) in [6.07, 6.45) is 10.3. The van der Waals surface area contributed by atoms with Crippen LogP contribution in [0.3, 0.4) is 0 Å². The average Bonchev–Trinajstić information content (AvgIpc) is 2.68. The van der Waals surface area contributed by atoms with Gasteiger partial charge in [-0.15, -0.1) is 0 Å². The van der Waals surface area contributed by atoms with Crippen LogP contribution < -0.4 is 5.73 Å². The van der Waals surface area contributed by atoms with Crippen molar-refractivity contribution in [1.29, 1.82) is 15.8 Å². The molecule has 0 saturated heterocycles. The first-order chi connectivity index (χ1) is 12.6. The van der Waals surface area contributed by atoms with Crippen LogP contribution in [0.2, 0.25) is 0 Å². The number of nitriles is 3. The molecule has 0 aromatic heterocycles. The van der Waals surface area contributed by atoms with Gasteiger partial charge in [0.1, 0.15) is 6.07 Å². The third kappa shape index (κ3) is 2.72. The summed E-state index contributed by atoms with van der Waals surface area (Å²) in [5.41, 5.74) is 6.39. The molecule has 0 unspecified atom stereocenters. The van der Waals surface area contributed by atoms with Crippen molar-refractivity contribution in [3.05, 3.63) is 35.1 Å². The van der Waals surface area contributed by atoms with Crippen LogP contribution in [0.4, 0.5) is 0 Å². The van der Waals surface area contributed by atoms with Crippen LogP contribution in [0.15, 0.2) is 35.1 Å². The lowest BCUT2D eigenvalue weighted by molar-refractivity contribution is 0.110. The van der Waals surface area contributed by atoms with Crippen molar-refractivity contribution >= 4 is 0 Å². The third-order valence-corrected chi connectivity index (χ3v) is 6.16. The molecule has 0 spiro atoms. The van der Waals surface area contributed by atoms with Crippen molar-refractivity contribution < 1.29 is 0 Å². The van der Waals surface area contributed by atoms with Crippen molar-refractivity contribution in [1.82, 2.24) is 4.90 Å². The number of nitrogens with two attached hydrogens (primary N) is 1. The van der Waals surface area contributed by atoms with E-state index < -0.39 is 5.41 Å². The molecule has 2 N–H and O–H groups in total. The molecule has 1 heterocycles. The van der Waals surface area contributed by atoms with E-state index in [2.05, 4.69) is 48.3 Å². The van der Waals surface area contributed by atoms with Crippen LogP contribution in [0.1, 0.15) is 32.6 Å². The SMILES string of the molecule is CCCN1CC=C2C(C#N)=C(N)C(C#N)(C#N)[C@H]([C@H]3CC=CCC3)[C@H]2C1. The van der Waals surface area contributed by atoms with E-state index in [1.807, 2.05) is 0 Å². The maximum Gasteiger partial charge on any atom is 0.187 e. The number of nitrogens with zero attached hydrogens (tertiary/aromatic N) is 4. The van der Waals surface area contributed by atoms with Gasteiger partial charge in [0.05, 0.1) is 23.4 Å². The standard InChI is InChI=1S/C21H25N5/c1-2-9-26-10-8-16-17(11-22)20(25)21(13-23,14-24)19(18(16)12-26)15-6-4-3-5-7-15/h3-4,8,15,18-19H,2,5-7,9-10,12,25H2,1H3/t15-,18-,19+/m0/s1. The number of rotatable bonds is 3. The molecule has 26 heavy (non-hydrogen) atoms. The molecule has 0 radical (unpaired) electrons. The second-order valence-corrected chi connectivity index (χ2v) is 7.53. The first-order valence-corrected chi connectivity index (χ1v) is 9.43. The Bertz CT molecular complexity index is 769. The van der Waals surface area contributed by atoms with E-state index >= 15 is 0 Å². The molecule has 3 rings (SSSR count). The van der Waals surface area contributed by atoms with Crippen LogP contribution in [-0.2, 0) is 0 Å². The quantitative estimate of drug-likeness (QED) is 0.791. The predicted molar refractivity (Wildman–Crippen MR) is 98.8 cm³/mol. The van der Waals surface area contributed by atoms with Gasteiger partial charge in [-0.05, 0) is 43.7 Å². The van der Waals surface area contributed by atoms with Crippen LogP contribution >= 0.6 is 0 Å². The Morgan fingerprint density at radius 1 is 1.27 bits per heavy atom. The molecule has 0 saturated carbocycles. The van der Waals surface area contributed by atoms with Crippen molar-refractivity contribution in [3.63, 3.8) is 0 Å². The molecule has 0 amide bonds. The first-order valence-electron chi connectivity index (χ1n) is 9.43. The molecule has 3 aliphatic rings. The Balaban J connectivity index is 2.16. The van der Waals surface area contributed by atoms with Crippen LogP contribution in [0, 0.1) is 57.2 Å². The predicted octanol–water partition coefficient (Wildman–Crippen LogP) is 3.01. The summed E-state index contributed by atoms with van der Waals surface area (Å²) in [4.78, 5) is 2.36. The number of hydrogen-bond donors (Lipinski definition) is 1. The summed E-state index contributed by atoms with van der Waals surface area (Å²) in [5, 5.41) is 29.8. The van der Waals surface area contributed by atoms with Gasteiger partial charge in [-0.1, -0.05) is 25.2 Å². The zero-order valence-corrected chi connectivity index (χ0v) is 15.3. The molecule has 5 heteroatoms. The fourth-order valence-corrected chi connectivity index (χ4v) is 5.00. The molecule has 2 aliphatic carbocycles. The van der Waals surface area contributed by atoms with Gasteiger partial charge < -0.3 is 5.73 Å². The lowest BCUT2D eigenvalue weighted by atomic mass is 9.55. The van der Waals surface area contributed by atoms with Gasteiger partial charge in [-0.3, -0.25) is 4.90 Å². The normalized spacial score (nSPS) is 30.5. The average molecular weight is 347 g/mol. The van der Waals surface area contributed by atoms with Gasteiger partial charge in [0.2, 0.25) is 0 Å². The highest BCUT2D eigenvalue weighted by Gasteiger charge is 2.55. The number of hydrogen-bond acceptors (Lipinski definition) is 5. The van der Waals surface area contributed by atoms with Gasteiger partial charge in [-0.25, -0.2) is 0 Å². The number of fused-ring (bicyclic) bond motifs is 1. The van der Waals surface area contributed by atoms with Crippen molar-refractivity contribution in [2.24, 2.45) is 28.9 Å². The highest BCUT2D eigenvalue weighted by atomic mass is 15.1. The Labute approximate surface area is 155 Å². The van der Waals surface area contributed by atoms with Gasteiger partial charge in [0.25, 0.3) is 0 Å². The van der Waals surface area contributed by atoms with Crippen molar-refractivity contribution in [3.8, 4) is 18.2 Å². The smallest absolute Gasteiger partial charge is 0.187 e. The van der Waals surface area contributed by atoms with Gasteiger partial charge in [-0.2, -0.15) is 15.8 Å². The molecule has 0 aromatic rings. The van der Waals surface area contributed by atoms with Gasteiger partial charge >= 0.3 is 0 Å². The van der Waals surface area contributed by atoms with E-state index in [1.54, 1.807) is 0 Å². The monoisotopic (exact) mass is 347 g/mol. The van der Waals surface area contributed by atoms with Crippen LogP contribution in [0.25, 0.3) is 0 Å². The molecular formula is C21H25N5. The Morgan fingerprint density at radius 3 is 2.62 bits per heavy atom. The highest BCUT2D eigenvalue weighted by Crippen LogP contribution is 2.54. The Kier molecular flexibility index (Phi) is 5.17. The summed E-state index contributed by atoms with van der Waals surface area (Å²) < 4.78 is 0. The van der Waals surface area contributed by atoms with E-state index in [0.717, 1.165) is 50.9 Å². The van der Waals surface area contributed by atoms with Crippen molar-refractivity contribution in [2.75, 3.05) is 19.6 Å². The van der Waals surface area contributed by atoms with E-state index in [0.29, 0.717) is 5.57 Å². The molecule has 3 atom stereocenters. The Hall–Kier alpha value is -2.55. The van der Waals surface area contributed by atoms with Gasteiger partial charge in [0, 0.05) is 24.9 Å².